The summed E-state index contributed by atoms with van der Waals surface area (Å²) in [6.07, 6.45) is -0.0564. The first-order valence-corrected chi connectivity index (χ1v) is 9.43. The van der Waals surface area contributed by atoms with E-state index in [1.807, 2.05) is 6.92 Å². The third-order valence-corrected chi connectivity index (χ3v) is 4.80. The first kappa shape index (κ1) is 21.1. The molecule has 1 N–H and O–H groups in total. The van der Waals surface area contributed by atoms with E-state index in [-0.39, 0.29) is 12.3 Å². The number of fused-ring (bicyclic) bond motifs is 1. The van der Waals surface area contributed by atoms with Crippen LogP contribution in [0, 0.1) is 0 Å². The highest BCUT2D eigenvalue weighted by Gasteiger charge is 2.23. The van der Waals surface area contributed by atoms with Gasteiger partial charge in [0.2, 0.25) is 0 Å². The van der Waals surface area contributed by atoms with E-state index in [1.54, 1.807) is 48.2 Å². The molecule has 1 aromatic heterocycles. The van der Waals surface area contributed by atoms with Crippen molar-refractivity contribution in [1.82, 2.24) is 20.3 Å². The van der Waals surface area contributed by atoms with Crippen molar-refractivity contribution in [3.8, 4) is 11.5 Å². The Labute approximate surface area is 173 Å². The van der Waals surface area contributed by atoms with Crippen molar-refractivity contribution in [3.63, 3.8) is 0 Å². The maximum absolute atomic E-state index is 13.0. The smallest absolute Gasteiger partial charge is 0.307 e. The van der Waals surface area contributed by atoms with Gasteiger partial charge in [0, 0.05) is 23.7 Å². The molecule has 9 nitrogen and oxygen atoms in total. The number of carbonyl (C=O) groups is 2. The van der Waals surface area contributed by atoms with Gasteiger partial charge in [-0.1, -0.05) is 5.21 Å². The Morgan fingerprint density at radius 1 is 1.10 bits per heavy atom. The Morgan fingerprint density at radius 3 is 2.57 bits per heavy atom. The summed E-state index contributed by atoms with van der Waals surface area (Å²) in [7, 11) is 4.37. The summed E-state index contributed by atoms with van der Waals surface area (Å²) in [4.78, 5) is 24.9. The first-order chi connectivity index (χ1) is 14.5. The van der Waals surface area contributed by atoms with Gasteiger partial charge in [0.15, 0.2) is 0 Å². The Kier molecular flexibility index (Phi) is 6.51. The second-order valence-electron chi connectivity index (χ2n) is 6.52. The molecule has 3 aromatic rings. The van der Waals surface area contributed by atoms with Crippen LogP contribution in [0.3, 0.4) is 0 Å². The highest BCUT2D eigenvalue weighted by Crippen LogP contribution is 2.31. The van der Waals surface area contributed by atoms with Crippen LogP contribution < -0.4 is 14.8 Å². The molecule has 1 amide bonds. The number of methoxy groups -OCH3 is 3. The number of hydrogen-bond donors (Lipinski definition) is 1. The second kappa shape index (κ2) is 9.25. The molecule has 0 radical (unpaired) electrons. The molecule has 0 bridgehead atoms. The van der Waals surface area contributed by atoms with Crippen molar-refractivity contribution < 1.29 is 23.8 Å². The number of aromatic nitrogens is 3. The lowest BCUT2D eigenvalue weighted by molar-refractivity contribution is -0.141. The van der Waals surface area contributed by atoms with Gasteiger partial charge in [0.1, 0.15) is 17.0 Å². The summed E-state index contributed by atoms with van der Waals surface area (Å²) in [6, 6.07) is 9.70. The number of benzene rings is 2. The Morgan fingerprint density at radius 2 is 1.90 bits per heavy atom. The van der Waals surface area contributed by atoms with Crippen molar-refractivity contribution in [2.24, 2.45) is 0 Å². The number of nitrogens with one attached hydrogen (secondary N) is 1. The van der Waals surface area contributed by atoms with Gasteiger partial charge in [0.05, 0.1) is 39.3 Å². The second-order valence-corrected chi connectivity index (χ2v) is 6.52. The lowest BCUT2D eigenvalue weighted by Gasteiger charge is -2.21. The molecule has 0 fully saturated rings. The van der Waals surface area contributed by atoms with Crippen LogP contribution in [0.25, 0.3) is 11.0 Å². The molecule has 0 aliphatic heterocycles. The van der Waals surface area contributed by atoms with Crippen molar-refractivity contribution >= 4 is 22.9 Å². The van der Waals surface area contributed by atoms with Crippen molar-refractivity contribution in [1.29, 1.82) is 0 Å². The van der Waals surface area contributed by atoms with Gasteiger partial charge < -0.3 is 19.5 Å². The van der Waals surface area contributed by atoms with Crippen molar-refractivity contribution in [2.75, 3.05) is 21.3 Å². The SMILES string of the molecule is CCn1nnc2cc(C(=O)N[C@@H](CC(=O)OC)c3ccc(OC)cc3OC)ccc21. The molecule has 30 heavy (non-hydrogen) atoms. The summed E-state index contributed by atoms with van der Waals surface area (Å²) < 4.78 is 17.2. The first-order valence-electron chi connectivity index (χ1n) is 9.43. The van der Waals surface area contributed by atoms with E-state index in [1.165, 1.54) is 14.2 Å². The van der Waals surface area contributed by atoms with E-state index < -0.39 is 12.0 Å². The number of nitrogens with zero attached hydrogens (tertiary/aromatic N) is 3. The fourth-order valence-corrected chi connectivity index (χ4v) is 3.18. The van der Waals surface area contributed by atoms with Crippen LogP contribution in [0.1, 0.15) is 35.3 Å². The minimum Gasteiger partial charge on any atom is -0.497 e. The van der Waals surface area contributed by atoms with E-state index in [2.05, 4.69) is 15.6 Å². The molecule has 3 rings (SSSR count). The lowest BCUT2D eigenvalue weighted by Crippen LogP contribution is -2.30. The monoisotopic (exact) mass is 412 g/mol. The molecular weight excluding hydrogens is 388 g/mol. The predicted octanol–water partition coefficient (Wildman–Crippen LogP) is 2.50. The molecule has 158 valence electrons. The van der Waals surface area contributed by atoms with Gasteiger partial charge in [-0.25, -0.2) is 4.68 Å². The minimum absolute atomic E-state index is 0.0564. The van der Waals surface area contributed by atoms with E-state index in [0.717, 1.165) is 5.52 Å². The van der Waals surface area contributed by atoms with Gasteiger partial charge in [-0.2, -0.15) is 0 Å². The normalized spacial score (nSPS) is 11.7. The molecule has 1 heterocycles. The molecule has 0 aliphatic rings. The van der Waals surface area contributed by atoms with Gasteiger partial charge in [-0.3, -0.25) is 9.59 Å². The van der Waals surface area contributed by atoms with Crippen LogP contribution in [0.15, 0.2) is 36.4 Å². The quantitative estimate of drug-likeness (QED) is 0.567. The number of rotatable bonds is 8. The maximum atomic E-state index is 13.0. The van der Waals surface area contributed by atoms with E-state index in [4.69, 9.17) is 14.2 Å². The Bertz CT molecular complexity index is 1060. The van der Waals surface area contributed by atoms with E-state index >= 15 is 0 Å². The number of carbonyl (C=O) groups excluding carboxylic acids is 2. The molecule has 0 spiro atoms. The fraction of sp³-hybridized carbons (Fsp3) is 0.333. The van der Waals surface area contributed by atoms with Gasteiger partial charge in [0.25, 0.3) is 5.91 Å². The zero-order valence-corrected chi connectivity index (χ0v) is 17.3. The average Bonchev–Trinajstić information content (AvgIpc) is 3.20. The zero-order chi connectivity index (χ0) is 21.7. The zero-order valence-electron chi connectivity index (χ0n) is 17.3. The summed E-state index contributed by atoms with van der Waals surface area (Å²) in [5, 5.41) is 11.1. The van der Waals surface area contributed by atoms with E-state index in [9.17, 15) is 9.59 Å². The molecule has 2 aromatic carbocycles. The number of amides is 1. The van der Waals surface area contributed by atoms with Gasteiger partial charge >= 0.3 is 5.97 Å². The summed E-state index contributed by atoms with van der Waals surface area (Å²) in [5.41, 5.74) is 2.51. The molecule has 0 unspecified atom stereocenters. The Balaban J connectivity index is 1.91. The summed E-state index contributed by atoms with van der Waals surface area (Å²) in [6.45, 7) is 2.65. The molecular formula is C21H24N4O5. The van der Waals surface area contributed by atoms with E-state index in [0.29, 0.717) is 34.7 Å². The van der Waals surface area contributed by atoms with Crippen LogP contribution in [-0.2, 0) is 16.1 Å². The van der Waals surface area contributed by atoms with Crippen molar-refractivity contribution in [2.45, 2.75) is 25.9 Å². The largest absolute Gasteiger partial charge is 0.497 e. The third-order valence-electron chi connectivity index (χ3n) is 4.80. The summed E-state index contributed by atoms with van der Waals surface area (Å²) >= 11 is 0. The van der Waals surface area contributed by atoms with Gasteiger partial charge in [-0.05, 0) is 37.3 Å². The lowest BCUT2D eigenvalue weighted by atomic mass is 10.0. The molecule has 0 saturated heterocycles. The standard InChI is InChI=1S/C21H24N4O5/c1-5-25-18-9-6-13(10-17(18)23-24-25)21(27)22-16(12-20(26)30-4)15-8-7-14(28-2)11-19(15)29-3/h6-11,16H,5,12H2,1-4H3,(H,22,27)/t16-/m0/s1. The number of aryl methyl sites for hydroxylation is 1. The van der Waals surface area contributed by atoms with Crippen molar-refractivity contribution in [3.05, 3.63) is 47.5 Å². The summed E-state index contributed by atoms with van der Waals surface area (Å²) in [5.74, 6) is 0.280. The molecule has 1 atom stereocenters. The molecule has 9 heteroatoms. The van der Waals surface area contributed by atoms with Crippen LogP contribution >= 0.6 is 0 Å². The molecule has 0 aliphatic carbocycles. The number of ether oxygens (including phenoxy) is 3. The highest BCUT2D eigenvalue weighted by molar-refractivity contribution is 5.97. The average molecular weight is 412 g/mol. The van der Waals surface area contributed by atoms with Crippen LogP contribution in [0.5, 0.6) is 11.5 Å². The predicted molar refractivity (Wildman–Crippen MR) is 110 cm³/mol. The van der Waals surface area contributed by atoms with Crippen LogP contribution in [0.4, 0.5) is 0 Å². The van der Waals surface area contributed by atoms with Crippen LogP contribution in [-0.4, -0.2) is 48.2 Å². The molecule has 0 saturated carbocycles. The van der Waals surface area contributed by atoms with Crippen LogP contribution in [0.2, 0.25) is 0 Å². The topological polar surface area (TPSA) is 105 Å². The number of esters is 1. The van der Waals surface area contributed by atoms with Gasteiger partial charge in [-0.15, -0.1) is 5.10 Å². The highest BCUT2D eigenvalue weighted by atomic mass is 16.5. The third kappa shape index (κ3) is 4.35. The minimum atomic E-state index is -0.659. The number of hydrogen-bond acceptors (Lipinski definition) is 7. The fourth-order valence-electron chi connectivity index (χ4n) is 3.18. The maximum Gasteiger partial charge on any atom is 0.307 e. The Hall–Kier alpha value is -3.62.